The van der Waals surface area contributed by atoms with E-state index in [0.717, 1.165) is 25.5 Å². The second-order valence-electron chi connectivity index (χ2n) is 4.00. The van der Waals surface area contributed by atoms with Gasteiger partial charge < -0.3 is 10.2 Å². The number of hydrogen-bond acceptors (Lipinski definition) is 5. The number of likely N-dealkylation sites (N-methyl/N-ethyl adjacent to an activating group) is 1. The molecule has 1 aromatic heterocycles. The molecule has 0 saturated carbocycles. The average molecular weight is 256 g/mol. The van der Waals surface area contributed by atoms with Crippen LogP contribution in [0.15, 0.2) is 23.2 Å². The molecule has 1 aliphatic rings. The van der Waals surface area contributed by atoms with Gasteiger partial charge in [0.15, 0.2) is 0 Å². The summed E-state index contributed by atoms with van der Waals surface area (Å²) in [4.78, 5) is 6.35. The van der Waals surface area contributed by atoms with Gasteiger partial charge in [0.25, 0.3) is 0 Å². The minimum Gasteiger partial charge on any atom is -0.351 e. The van der Waals surface area contributed by atoms with Crippen LogP contribution in [0.3, 0.4) is 0 Å². The van der Waals surface area contributed by atoms with Crippen LogP contribution in [-0.4, -0.2) is 39.1 Å². The van der Waals surface area contributed by atoms with Gasteiger partial charge in [0.2, 0.25) is 10.0 Å². The first kappa shape index (κ1) is 12.3. The largest absolute Gasteiger partial charge is 0.351 e. The smallest absolute Gasteiger partial charge is 0.239 e. The second-order valence-corrected chi connectivity index (χ2v) is 5.56. The third kappa shape index (κ3) is 2.56. The lowest BCUT2D eigenvalue weighted by molar-refractivity contribution is 0.415. The summed E-state index contributed by atoms with van der Waals surface area (Å²) in [5, 5.41) is 8.22. The molecule has 0 amide bonds. The van der Waals surface area contributed by atoms with Gasteiger partial charge in [-0.3, -0.25) is 0 Å². The Bertz CT molecular complexity index is 482. The molecule has 3 N–H and O–H groups in total. The van der Waals surface area contributed by atoms with Crippen molar-refractivity contribution in [2.75, 3.05) is 24.5 Å². The van der Waals surface area contributed by atoms with Gasteiger partial charge in [-0.15, -0.1) is 0 Å². The number of aromatic nitrogens is 1. The molecule has 7 heteroatoms. The van der Waals surface area contributed by atoms with Gasteiger partial charge in [0.05, 0.1) is 6.04 Å². The van der Waals surface area contributed by atoms with Gasteiger partial charge >= 0.3 is 0 Å². The predicted molar refractivity (Wildman–Crippen MR) is 65.3 cm³/mol. The molecule has 1 saturated heterocycles. The highest BCUT2D eigenvalue weighted by Crippen LogP contribution is 2.17. The number of nitrogens with two attached hydrogens (primary N) is 1. The van der Waals surface area contributed by atoms with Crippen molar-refractivity contribution in [3.05, 3.63) is 18.3 Å². The summed E-state index contributed by atoms with van der Waals surface area (Å²) in [6.07, 6.45) is 1.30. The van der Waals surface area contributed by atoms with Crippen molar-refractivity contribution in [1.29, 1.82) is 0 Å². The third-order valence-electron chi connectivity index (χ3n) is 2.88. The van der Waals surface area contributed by atoms with Crippen LogP contribution in [0, 0.1) is 0 Å². The van der Waals surface area contributed by atoms with Crippen molar-refractivity contribution in [1.82, 2.24) is 10.3 Å². The molecule has 1 aliphatic heterocycles. The van der Waals surface area contributed by atoms with Crippen molar-refractivity contribution < 1.29 is 8.42 Å². The van der Waals surface area contributed by atoms with E-state index < -0.39 is 10.0 Å². The van der Waals surface area contributed by atoms with Crippen LogP contribution in [0.4, 0.5) is 5.82 Å². The zero-order valence-electron chi connectivity index (χ0n) is 9.63. The molecule has 0 atom stereocenters. The number of rotatable bonds is 4. The number of nitrogens with zero attached hydrogens (tertiary/aromatic N) is 2. The lowest BCUT2D eigenvalue weighted by Crippen LogP contribution is -2.57. The number of primary sulfonamides is 1. The number of sulfonamides is 1. The molecule has 0 spiro atoms. The van der Waals surface area contributed by atoms with Crippen LogP contribution >= 0.6 is 0 Å². The first-order chi connectivity index (χ1) is 8.02. The Labute approximate surface area is 101 Å². The van der Waals surface area contributed by atoms with E-state index in [4.69, 9.17) is 5.14 Å². The highest BCUT2D eigenvalue weighted by Gasteiger charge is 2.24. The Kier molecular flexibility index (Phi) is 3.32. The van der Waals surface area contributed by atoms with Gasteiger partial charge in [-0.1, -0.05) is 0 Å². The first-order valence-corrected chi connectivity index (χ1v) is 7.03. The van der Waals surface area contributed by atoms with Crippen molar-refractivity contribution in [2.24, 2.45) is 5.14 Å². The van der Waals surface area contributed by atoms with Crippen LogP contribution in [0.2, 0.25) is 0 Å². The van der Waals surface area contributed by atoms with Crippen LogP contribution in [-0.2, 0) is 10.0 Å². The monoisotopic (exact) mass is 256 g/mol. The molecular formula is C10H16N4O2S. The standard InChI is InChI=1S/C10H16N4O2S/c1-2-14(8-5-12-6-8)10-4-3-9(7-13-10)17(11,15)16/h3-4,7-8,12H,2,5-6H2,1H3,(H2,11,15,16). The molecule has 17 heavy (non-hydrogen) atoms. The van der Waals surface area contributed by atoms with Crippen LogP contribution in [0.1, 0.15) is 6.92 Å². The predicted octanol–water partition coefficient (Wildman–Crippen LogP) is -0.473. The second kappa shape index (κ2) is 4.59. The zero-order chi connectivity index (χ0) is 12.5. The van der Waals surface area contributed by atoms with Crippen LogP contribution in [0.25, 0.3) is 0 Å². The lowest BCUT2D eigenvalue weighted by atomic mass is 10.1. The average Bonchev–Trinajstić information content (AvgIpc) is 2.22. The minimum absolute atomic E-state index is 0.0454. The van der Waals surface area contributed by atoms with Gasteiger partial charge in [-0.05, 0) is 19.1 Å². The van der Waals surface area contributed by atoms with E-state index in [1.807, 2.05) is 6.92 Å². The molecule has 0 bridgehead atoms. The van der Waals surface area contributed by atoms with Crippen molar-refractivity contribution >= 4 is 15.8 Å². The van der Waals surface area contributed by atoms with Gasteiger partial charge in [-0.25, -0.2) is 18.5 Å². The Balaban J connectivity index is 2.21. The summed E-state index contributed by atoms with van der Waals surface area (Å²) in [6, 6.07) is 3.63. The summed E-state index contributed by atoms with van der Waals surface area (Å²) >= 11 is 0. The molecular weight excluding hydrogens is 240 g/mol. The summed E-state index contributed by atoms with van der Waals surface area (Å²) in [5.74, 6) is 0.784. The fourth-order valence-corrected chi connectivity index (χ4v) is 2.27. The maximum absolute atomic E-state index is 11.1. The quantitative estimate of drug-likeness (QED) is 0.760. The van der Waals surface area contributed by atoms with E-state index in [0.29, 0.717) is 6.04 Å². The highest BCUT2D eigenvalue weighted by atomic mass is 32.2. The summed E-state index contributed by atoms with van der Waals surface area (Å²) in [7, 11) is -3.66. The summed E-state index contributed by atoms with van der Waals surface area (Å²) in [5.41, 5.74) is 0. The molecule has 2 heterocycles. The Morgan fingerprint density at radius 3 is 2.59 bits per heavy atom. The first-order valence-electron chi connectivity index (χ1n) is 5.48. The SMILES string of the molecule is CCN(c1ccc(S(N)(=O)=O)cn1)C1CNC1. The van der Waals surface area contributed by atoms with Crippen molar-refractivity contribution in [2.45, 2.75) is 17.9 Å². The molecule has 1 aromatic rings. The van der Waals surface area contributed by atoms with Crippen LogP contribution < -0.4 is 15.4 Å². The molecule has 0 aromatic carbocycles. The molecule has 0 radical (unpaired) electrons. The summed E-state index contributed by atoms with van der Waals surface area (Å²) < 4.78 is 22.2. The van der Waals surface area contributed by atoms with Crippen LogP contribution in [0.5, 0.6) is 0 Å². The number of hydrogen-bond donors (Lipinski definition) is 2. The Hall–Kier alpha value is -1.18. The van der Waals surface area contributed by atoms with E-state index >= 15 is 0 Å². The maximum Gasteiger partial charge on any atom is 0.239 e. The van der Waals surface area contributed by atoms with E-state index in [9.17, 15) is 8.42 Å². The third-order valence-corrected chi connectivity index (χ3v) is 3.78. The Morgan fingerprint density at radius 2 is 2.24 bits per heavy atom. The molecule has 94 valence electrons. The maximum atomic E-state index is 11.1. The minimum atomic E-state index is -3.66. The molecule has 2 rings (SSSR count). The molecule has 0 aliphatic carbocycles. The fraction of sp³-hybridized carbons (Fsp3) is 0.500. The van der Waals surface area contributed by atoms with E-state index in [1.165, 1.54) is 12.3 Å². The van der Waals surface area contributed by atoms with Crippen molar-refractivity contribution in [3.63, 3.8) is 0 Å². The van der Waals surface area contributed by atoms with Crippen molar-refractivity contribution in [3.8, 4) is 0 Å². The van der Waals surface area contributed by atoms with Gasteiger partial charge in [0.1, 0.15) is 10.7 Å². The highest BCUT2D eigenvalue weighted by molar-refractivity contribution is 7.89. The zero-order valence-corrected chi connectivity index (χ0v) is 10.4. The van der Waals surface area contributed by atoms with Gasteiger partial charge in [0, 0.05) is 25.8 Å². The number of nitrogens with one attached hydrogen (secondary N) is 1. The van der Waals surface area contributed by atoms with Gasteiger partial charge in [-0.2, -0.15) is 0 Å². The van der Waals surface area contributed by atoms with E-state index in [2.05, 4.69) is 15.2 Å². The number of anilines is 1. The van der Waals surface area contributed by atoms with E-state index in [1.54, 1.807) is 6.07 Å². The fourth-order valence-electron chi connectivity index (χ4n) is 1.81. The normalized spacial score (nSPS) is 16.6. The topological polar surface area (TPSA) is 88.3 Å². The Morgan fingerprint density at radius 1 is 1.53 bits per heavy atom. The molecule has 1 fully saturated rings. The lowest BCUT2D eigenvalue weighted by Gasteiger charge is -2.38. The molecule has 0 unspecified atom stereocenters. The number of pyridine rings is 1. The van der Waals surface area contributed by atoms with E-state index in [-0.39, 0.29) is 4.90 Å². The molecule has 6 nitrogen and oxygen atoms in total. The summed E-state index contributed by atoms with van der Waals surface area (Å²) in [6.45, 7) is 4.76.